The van der Waals surface area contributed by atoms with Crippen LogP contribution in [0, 0.1) is 25.7 Å². The Morgan fingerprint density at radius 2 is 1.90 bits per heavy atom. The van der Waals surface area contributed by atoms with Gasteiger partial charge in [-0.25, -0.2) is 4.98 Å². The highest BCUT2D eigenvalue weighted by Crippen LogP contribution is 2.50. The summed E-state index contributed by atoms with van der Waals surface area (Å²) < 4.78 is 16.1. The molecule has 0 radical (unpaired) electrons. The molecule has 2 aromatic rings. The first kappa shape index (κ1) is 21.8. The highest BCUT2D eigenvalue weighted by Gasteiger charge is 2.51. The lowest BCUT2D eigenvalue weighted by molar-refractivity contribution is -0.0669. The average molecular weight is 428 g/mol. The number of aromatic nitrogens is 2. The van der Waals surface area contributed by atoms with E-state index in [1.807, 2.05) is 0 Å². The fourth-order valence-electron chi connectivity index (χ4n) is 5.46. The Bertz CT molecular complexity index is 951. The molecule has 168 valence electrons. The standard InChI is InChI=1S/C24H33N3O4/c1-15-16(2)21(29-3)9-8-17(15)12-27-13-18-7-6-10-24(28,20(18)14-27)19-11-25-23(31-5)26-22(19)30-4/h8-9,11,18,20,28H,6-7,10,12-14H2,1-5H3/t18-,20+,24+/m0/s1. The van der Waals surface area contributed by atoms with Crippen molar-refractivity contribution < 1.29 is 19.3 Å². The van der Waals surface area contributed by atoms with Gasteiger partial charge in [0.15, 0.2) is 0 Å². The van der Waals surface area contributed by atoms with E-state index in [9.17, 15) is 5.11 Å². The van der Waals surface area contributed by atoms with Gasteiger partial charge >= 0.3 is 6.01 Å². The van der Waals surface area contributed by atoms with Gasteiger partial charge in [0.05, 0.1) is 26.9 Å². The molecule has 0 bridgehead atoms. The number of fused-ring (bicyclic) bond motifs is 1. The third-order valence-corrected chi connectivity index (χ3v) is 7.30. The Morgan fingerprint density at radius 3 is 2.61 bits per heavy atom. The van der Waals surface area contributed by atoms with Gasteiger partial charge in [-0.1, -0.05) is 6.07 Å². The molecule has 0 unspecified atom stereocenters. The number of hydrogen-bond donors (Lipinski definition) is 1. The van der Waals surface area contributed by atoms with Gasteiger partial charge in [-0.2, -0.15) is 4.98 Å². The van der Waals surface area contributed by atoms with Crippen LogP contribution >= 0.6 is 0 Å². The molecule has 31 heavy (non-hydrogen) atoms. The number of rotatable bonds is 6. The van der Waals surface area contributed by atoms with E-state index in [0.29, 0.717) is 23.8 Å². The molecular formula is C24H33N3O4. The zero-order valence-electron chi connectivity index (χ0n) is 19.1. The third kappa shape index (κ3) is 3.85. The van der Waals surface area contributed by atoms with Crippen molar-refractivity contribution in [3.63, 3.8) is 0 Å². The maximum atomic E-state index is 11.9. The van der Waals surface area contributed by atoms with E-state index in [2.05, 4.69) is 40.8 Å². The Labute approximate surface area is 184 Å². The molecule has 3 atom stereocenters. The fraction of sp³-hybridized carbons (Fsp3) is 0.583. The first-order valence-corrected chi connectivity index (χ1v) is 10.9. The third-order valence-electron chi connectivity index (χ3n) is 7.30. The highest BCUT2D eigenvalue weighted by molar-refractivity contribution is 5.43. The predicted molar refractivity (Wildman–Crippen MR) is 118 cm³/mol. The van der Waals surface area contributed by atoms with Crippen LogP contribution in [0.25, 0.3) is 0 Å². The van der Waals surface area contributed by atoms with E-state index in [1.165, 1.54) is 23.8 Å². The smallest absolute Gasteiger partial charge is 0.319 e. The van der Waals surface area contributed by atoms with Crippen molar-refractivity contribution in [1.29, 1.82) is 0 Å². The molecule has 1 saturated carbocycles. The van der Waals surface area contributed by atoms with E-state index in [4.69, 9.17) is 14.2 Å². The topological polar surface area (TPSA) is 76.9 Å². The molecule has 1 N–H and O–H groups in total. The molecule has 7 nitrogen and oxygen atoms in total. The summed E-state index contributed by atoms with van der Waals surface area (Å²) in [5.41, 5.74) is 3.44. The lowest BCUT2D eigenvalue weighted by atomic mass is 9.68. The van der Waals surface area contributed by atoms with E-state index < -0.39 is 5.60 Å². The molecule has 4 rings (SSSR count). The average Bonchev–Trinajstić information content (AvgIpc) is 3.21. The van der Waals surface area contributed by atoms with Gasteiger partial charge in [-0.3, -0.25) is 4.90 Å². The molecule has 1 aliphatic heterocycles. The van der Waals surface area contributed by atoms with Crippen LogP contribution in [0.5, 0.6) is 17.6 Å². The number of ether oxygens (including phenoxy) is 3. The minimum Gasteiger partial charge on any atom is -0.496 e. The SMILES string of the molecule is COc1ncc([C@]2(O)CCC[C@H]3CN(Cc4ccc(OC)c(C)c4C)C[C@H]32)c(OC)n1. The van der Waals surface area contributed by atoms with Crippen LogP contribution in [0.4, 0.5) is 0 Å². The molecule has 1 aromatic heterocycles. The normalized spacial score (nSPS) is 25.9. The molecule has 2 aliphatic rings. The molecular weight excluding hydrogens is 394 g/mol. The van der Waals surface area contributed by atoms with E-state index in [-0.39, 0.29) is 11.9 Å². The fourth-order valence-corrected chi connectivity index (χ4v) is 5.46. The molecule has 2 fully saturated rings. The number of likely N-dealkylation sites (tertiary alicyclic amines) is 1. The molecule has 1 aliphatic carbocycles. The van der Waals surface area contributed by atoms with Gasteiger partial charge in [0.25, 0.3) is 0 Å². The Balaban J connectivity index is 1.59. The summed E-state index contributed by atoms with van der Waals surface area (Å²) in [7, 11) is 4.81. The van der Waals surface area contributed by atoms with Crippen LogP contribution in [0.3, 0.4) is 0 Å². The lowest BCUT2D eigenvalue weighted by Crippen LogP contribution is -2.43. The summed E-state index contributed by atoms with van der Waals surface area (Å²) in [5, 5.41) is 11.9. The van der Waals surface area contributed by atoms with E-state index in [0.717, 1.165) is 38.2 Å². The maximum Gasteiger partial charge on any atom is 0.319 e. The van der Waals surface area contributed by atoms with Crippen LogP contribution in [0.15, 0.2) is 18.3 Å². The van der Waals surface area contributed by atoms with Crippen molar-refractivity contribution in [3.05, 3.63) is 40.6 Å². The number of aliphatic hydroxyl groups is 1. The lowest BCUT2D eigenvalue weighted by Gasteiger charge is -2.41. The number of benzene rings is 1. The van der Waals surface area contributed by atoms with Crippen molar-refractivity contribution in [2.75, 3.05) is 34.4 Å². The van der Waals surface area contributed by atoms with Crippen molar-refractivity contribution in [1.82, 2.24) is 14.9 Å². The van der Waals surface area contributed by atoms with Crippen LogP contribution in [0.1, 0.15) is 41.5 Å². The second-order valence-corrected chi connectivity index (χ2v) is 8.83. The number of hydrogen-bond acceptors (Lipinski definition) is 7. The van der Waals surface area contributed by atoms with E-state index in [1.54, 1.807) is 20.4 Å². The molecule has 1 aromatic carbocycles. The minimum absolute atomic E-state index is 0.117. The molecule has 2 heterocycles. The first-order chi connectivity index (χ1) is 14.9. The summed E-state index contributed by atoms with van der Waals surface area (Å²) in [5.74, 6) is 1.88. The van der Waals surface area contributed by atoms with Crippen LogP contribution in [-0.4, -0.2) is 54.4 Å². The zero-order chi connectivity index (χ0) is 22.2. The van der Waals surface area contributed by atoms with Crippen LogP contribution in [-0.2, 0) is 12.1 Å². The first-order valence-electron chi connectivity index (χ1n) is 10.9. The van der Waals surface area contributed by atoms with Crippen LogP contribution < -0.4 is 14.2 Å². The molecule has 1 saturated heterocycles. The second-order valence-electron chi connectivity index (χ2n) is 8.83. The van der Waals surface area contributed by atoms with Crippen molar-refractivity contribution in [2.24, 2.45) is 11.8 Å². The second kappa shape index (κ2) is 8.63. The van der Waals surface area contributed by atoms with Gasteiger partial charge in [-0.15, -0.1) is 0 Å². The van der Waals surface area contributed by atoms with E-state index >= 15 is 0 Å². The van der Waals surface area contributed by atoms with Crippen molar-refractivity contribution in [3.8, 4) is 17.6 Å². The predicted octanol–water partition coefficient (Wildman–Crippen LogP) is 3.24. The zero-order valence-corrected chi connectivity index (χ0v) is 19.1. The Kier molecular flexibility index (Phi) is 6.08. The summed E-state index contributed by atoms with van der Waals surface area (Å²) in [6.07, 6.45) is 4.46. The van der Waals surface area contributed by atoms with Gasteiger partial charge in [0, 0.05) is 31.7 Å². The Morgan fingerprint density at radius 1 is 1.10 bits per heavy atom. The minimum atomic E-state index is -1.000. The van der Waals surface area contributed by atoms with Gasteiger partial charge in [0.2, 0.25) is 5.88 Å². The maximum absolute atomic E-state index is 11.9. The van der Waals surface area contributed by atoms with Gasteiger partial charge in [0.1, 0.15) is 11.4 Å². The van der Waals surface area contributed by atoms with Crippen molar-refractivity contribution in [2.45, 2.75) is 45.3 Å². The monoisotopic (exact) mass is 427 g/mol. The summed E-state index contributed by atoms with van der Waals surface area (Å²) in [6.45, 7) is 6.95. The Hall–Kier alpha value is -2.38. The largest absolute Gasteiger partial charge is 0.496 e. The molecule has 0 amide bonds. The van der Waals surface area contributed by atoms with Gasteiger partial charge in [-0.05, 0) is 61.8 Å². The van der Waals surface area contributed by atoms with Crippen molar-refractivity contribution >= 4 is 0 Å². The number of methoxy groups -OCH3 is 3. The molecule has 7 heteroatoms. The summed E-state index contributed by atoms with van der Waals surface area (Å²) in [4.78, 5) is 11.1. The van der Waals surface area contributed by atoms with Gasteiger partial charge < -0.3 is 19.3 Å². The van der Waals surface area contributed by atoms with Crippen LogP contribution in [0.2, 0.25) is 0 Å². The number of nitrogens with zero attached hydrogens (tertiary/aromatic N) is 3. The quantitative estimate of drug-likeness (QED) is 0.758. The highest BCUT2D eigenvalue weighted by atomic mass is 16.5. The summed E-state index contributed by atoms with van der Waals surface area (Å²) >= 11 is 0. The molecule has 0 spiro atoms. The summed E-state index contributed by atoms with van der Waals surface area (Å²) in [6, 6.07) is 4.46.